The fraction of sp³-hybridized carbons (Fsp3) is 0.500. The van der Waals surface area contributed by atoms with Gasteiger partial charge >= 0.3 is 5.97 Å². The molecule has 0 amide bonds. The van der Waals surface area contributed by atoms with Gasteiger partial charge in [0.15, 0.2) is 0 Å². The van der Waals surface area contributed by atoms with Crippen LogP contribution in [0.4, 0.5) is 0 Å². The molecule has 0 saturated carbocycles. The molecule has 18 heavy (non-hydrogen) atoms. The van der Waals surface area contributed by atoms with Gasteiger partial charge in [0, 0.05) is 17.7 Å². The van der Waals surface area contributed by atoms with Gasteiger partial charge in [-0.1, -0.05) is 12.1 Å². The van der Waals surface area contributed by atoms with E-state index >= 15 is 0 Å². The number of carbonyl (C=O) groups excluding carboxylic acids is 1. The number of esters is 1. The van der Waals surface area contributed by atoms with Crippen LogP contribution < -0.4 is 0 Å². The van der Waals surface area contributed by atoms with Crippen LogP contribution in [0, 0.1) is 0 Å². The fourth-order valence-corrected chi connectivity index (χ4v) is 2.55. The van der Waals surface area contributed by atoms with Gasteiger partial charge in [-0.05, 0) is 26.0 Å². The van der Waals surface area contributed by atoms with Crippen LogP contribution in [0.3, 0.4) is 0 Å². The van der Waals surface area contributed by atoms with E-state index in [2.05, 4.69) is 12.6 Å². The van der Waals surface area contributed by atoms with Crippen LogP contribution in [0.5, 0.6) is 0 Å². The van der Waals surface area contributed by atoms with Crippen molar-refractivity contribution in [1.82, 2.24) is 0 Å². The first-order valence-corrected chi connectivity index (χ1v) is 6.65. The number of benzene rings is 1. The molecule has 1 heterocycles. The summed E-state index contributed by atoms with van der Waals surface area (Å²) in [5.74, 6) is -0.299. The van der Waals surface area contributed by atoms with Crippen molar-refractivity contribution in [1.29, 1.82) is 0 Å². The first-order chi connectivity index (χ1) is 8.56. The Morgan fingerprint density at radius 1 is 1.28 bits per heavy atom. The highest BCUT2D eigenvalue weighted by Crippen LogP contribution is 2.23. The van der Waals surface area contributed by atoms with Crippen LogP contribution >= 0.6 is 12.6 Å². The first kappa shape index (κ1) is 13.4. The van der Waals surface area contributed by atoms with Crippen molar-refractivity contribution in [3.05, 3.63) is 29.8 Å². The van der Waals surface area contributed by atoms with E-state index in [1.54, 1.807) is 12.1 Å². The van der Waals surface area contributed by atoms with E-state index in [1.165, 1.54) is 0 Å². The zero-order valence-corrected chi connectivity index (χ0v) is 11.5. The maximum atomic E-state index is 12.0. The van der Waals surface area contributed by atoms with Gasteiger partial charge < -0.3 is 9.47 Å². The molecule has 1 aliphatic heterocycles. The third-order valence-electron chi connectivity index (χ3n) is 3.05. The maximum absolute atomic E-state index is 12.0. The number of hydrogen-bond donors (Lipinski definition) is 1. The van der Waals surface area contributed by atoms with Crippen LogP contribution in [-0.4, -0.2) is 24.3 Å². The lowest BCUT2D eigenvalue weighted by Gasteiger charge is -2.31. The molecule has 2 unspecified atom stereocenters. The Balaban J connectivity index is 2.01. The Labute approximate surface area is 113 Å². The molecule has 0 spiro atoms. The van der Waals surface area contributed by atoms with E-state index < -0.39 is 0 Å². The summed E-state index contributed by atoms with van der Waals surface area (Å²) >= 11 is 4.26. The van der Waals surface area contributed by atoms with Gasteiger partial charge in [0.25, 0.3) is 0 Å². The quantitative estimate of drug-likeness (QED) is 0.660. The summed E-state index contributed by atoms with van der Waals surface area (Å²) in [6.07, 6.45) is 1.72. The molecule has 1 fully saturated rings. The van der Waals surface area contributed by atoms with Gasteiger partial charge in [0.1, 0.15) is 6.10 Å². The van der Waals surface area contributed by atoms with Crippen molar-refractivity contribution in [2.75, 3.05) is 0 Å². The van der Waals surface area contributed by atoms with Gasteiger partial charge in [-0.15, -0.1) is 12.6 Å². The molecule has 4 heteroatoms. The van der Waals surface area contributed by atoms with E-state index in [0.717, 1.165) is 12.8 Å². The van der Waals surface area contributed by atoms with Crippen LogP contribution in [0.2, 0.25) is 0 Å². The molecule has 1 saturated heterocycles. The maximum Gasteiger partial charge on any atom is 0.339 e. The highest BCUT2D eigenvalue weighted by molar-refractivity contribution is 7.80. The Morgan fingerprint density at radius 2 is 1.89 bits per heavy atom. The number of carbonyl (C=O) groups is 1. The minimum absolute atomic E-state index is 0.0656. The highest BCUT2D eigenvalue weighted by Gasteiger charge is 2.27. The molecule has 0 aromatic heterocycles. The Hall–Kier alpha value is -1.00. The van der Waals surface area contributed by atoms with Crippen molar-refractivity contribution in [2.45, 2.75) is 49.9 Å². The molecule has 98 valence electrons. The molecule has 0 radical (unpaired) electrons. The summed E-state index contributed by atoms with van der Waals surface area (Å²) in [5, 5.41) is 0. The van der Waals surface area contributed by atoms with Gasteiger partial charge in [0.2, 0.25) is 0 Å². The van der Waals surface area contributed by atoms with Crippen molar-refractivity contribution >= 4 is 18.6 Å². The van der Waals surface area contributed by atoms with Crippen LogP contribution in [0.15, 0.2) is 29.2 Å². The second kappa shape index (κ2) is 5.76. The van der Waals surface area contributed by atoms with Crippen LogP contribution in [0.25, 0.3) is 0 Å². The second-order valence-electron chi connectivity index (χ2n) is 4.77. The van der Waals surface area contributed by atoms with Crippen LogP contribution in [-0.2, 0) is 9.47 Å². The normalized spacial score (nSPS) is 27.8. The lowest BCUT2D eigenvalue weighted by molar-refractivity contribution is -0.0856. The third kappa shape index (κ3) is 3.27. The molecule has 0 aliphatic carbocycles. The number of ether oxygens (including phenoxy) is 2. The SMILES string of the molecule is CC1CC(OC(=O)c2ccccc2S)CC(C)O1. The predicted octanol–water partition coefficient (Wildman–Crippen LogP) is 3.09. The molecule has 1 aromatic rings. The van der Waals surface area contributed by atoms with E-state index in [9.17, 15) is 4.79 Å². The van der Waals surface area contributed by atoms with Crippen molar-refractivity contribution in [2.24, 2.45) is 0 Å². The summed E-state index contributed by atoms with van der Waals surface area (Å²) < 4.78 is 11.2. The fourth-order valence-electron chi connectivity index (χ4n) is 2.30. The Kier molecular flexibility index (Phi) is 4.30. The number of thiol groups is 1. The summed E-state index contributed by atoms with van der Waals surface area (Å²) in [6.45, 7) is 4.01. The standard InChI is InChI=1S/C14H18O3S/c1-9-7-11(8-10(2)16-9)17-14(15)12-5-3-4-6-13(12)18/h3-6,9-11,18H,7-8H2,1-2H3. The largest absolute Gasteiger partial charge is 0.459 e. The molecule has 3 nitrogen and oxygen atoms in total. The number of hydrogen-bond acceptors (Lipinski definition) is 4. The molecule has 0 bridgehead atoms. The Bertz CT molecular complexity index is 423. The zero-order valence-electron chi connectivity index (χ0n) is 10.6. The Morgan fingerprint density at radius 3 is 2.50 bits per heavy atom. The van der Waals surface area contributed by atoms with Gasteiger partial charge in [-0.25, -0.2) is 4.79 Å². The molecular formula is C14H18O3S. The average Bonchev–Trinajstić information content (AvgIpc) is 2.27. The summed E-state index contributed by atoms with van der Waals surface area (Å²) in [6, 6.07) is 7.18. The van der Waals surface area contributed by atoms with Crippen molar-refractivity contribution in [3.8, 4) is 0 Å². The minimum atomic E-state index is -0.299. The van der Waals surface area contributed by atoms with Crippen molar-refractivity contribution in [3.63, 3.8) is 0 Å². The lowest BCUT2D eigenvalue weighted by Crippen LogP contribution is -2.35. The van der Waals surface area contributed by atoms with E-state index in [-0.39, 0.29) is 24.3 Å². The molecule has 1 aromatic carbocycles. The van der Waals surface area contributed by atoms with Gasteiger partial charge in [-0.2, -0.15) is 0 Å². The second-order valence-corrected chi connectivity index (χ2v) is 5.25. The topological polar surface area (TPSA) is 35.5 Å². The zero-order chi connectivity index (χ0) is 13.1. The minimum Gasteiger partial charge on any atom is -0.459 e. The van der Waals surface area contributed by atoms with E-state index in [1.807, 2.05) is 26.0 Å². The van der Waals surface area contributed by atoms with E-state index in [0.29, 0.717) is 10.5 Å². The molecule has 1 aliphatic rings. The predicted molar refractivity (Wildman–Crippen MR) is 72.1 cm³/mol. The van der Waals surface area contributed by atoms with Gasteiger partial charge in [0.05, 0.1) is 17.8 Å². The first-order valence-electron chi connectivity index (χ1n) is 6.20. The third-order valence-corrected chi connectivity index (χ3v) is 3.44. The smallest absolute Gasteiger partial charge is 0.339 e. The summed E-state index contributed by atoms with van der Waals surface area (Å²) in [4.78, 5) is 12.7. The number of rotatable bonds is 2. The van der Waals surface area contributed by atoms with Crippen molar-refractivity contribution < 1.29 is 14.3 Å². The molecule has 2 rings (SSSR count). The van der Waals surface area contributed by atoms with Crippen LogP contribution in [0.1, 0.15) is 37.0 Å². The van der Waals surface area contributed by atoms with Gasteiger partial charge in [-0.3, -0.25) is 0 Å². The molecule has 0 N–H and O–H groups in total. The molecule has 2 atom stereocenters. The average molecular weight is 266 g/mol. The lowest BCUT2D eigenvalue weighted by atomic mass is 10.0. The summed E-state index contributed by atoms with van der Waals surface area (Å²) in [5.41, 5.74) is 0.521. The monoisotopic (exact) mass is 266 g/mol. The van der Waals surface area contributed by atoms with E-state index in [4.69, 9.17) is 9.47 Å². The molecular weight excluding hydrogens is 248 g/mol. The highest BCUT2D eigenvalue weighted by atomic mass is 32.1. The summed E-state index contributed by atoms with van der Waals surface area (Å²) in [7, 11) is 0.